The summed E-state index contributed by atoms with van der Waals surface area (Å²) in [5.74, 6) is -0.387. The Bertz CT molecular complexity index is 721. The first-order valence-electron chi connectivity index (χ1n) is 6.23. The lowest BCUT2D eigenvalue weighted by atomic mass is 10.2. The van der Waals surface area contributed by atoms with Crippen LogP contribution >= 0.6 is 11.6 Å². The molecule has 2 rings (SSSR count). The predicted octanol–water partition coefficient (Wildman–Crippen LogP) is 3.28. The van der Waals surface area contributed by atoms with Crippen molar-refractivity contribution in [2.75, 3.05) is 5.32 Å². The molecule has 0 unspecified atom stereocenters. The Morgan fingerprint density at radius 2 is 2.00 bits per heavy atom. The molecule has 7 nitrogen and oxygen atoms in total. The number of amides is 2. The fraction of sp³-hybridized carbons (Fsp3) is 0.0714. The maximum Gasteiger partial charge on any atom is 0.319 e. The molecule has 0 fully saturated rings. The number of non-ortho nitro benzene ring substituents is 1. The van der Waals surface area contributed by atoms with Gasteiger partial charge in [-0.15, -0.1) is 0 Å². The van der Waals surface area contributed by atoms with Crippen molar-refractivity contribution in [1.82, 2.24) is 5.32 Å². The van der Waals surface area contributed by atoms with Crippen LogP contribution in [0.2, 0.25) is 5.02 Å². The van der Waals surface area contributed by atoms with E-state index in [2.05, 4.69) is 10.6 Å². The molecule has 0 bridgehead atoms. The van der Waals surface area contributed by atoms with E-state index in [-0.39, 0.29) is 23.7 Å². The highest BCUT2D eigenvalue weighted by Gasteiger charge is 2.12. The van der Waals surface area contributed by atoms with Crippen molar-refractivity contribution in [3.05, 3.63) is 63.2 Å². The van der Waals surface area contributed by atoms with Crippen LogP contribution in [0.3, 0.4) is 0 Å². The van der Waals surface area contributed by atoms with Crippen LogP contribution in [0.25, 0.3) is 0 Å². The van der Waals surface area contributed by atoms with E-state index in [1.165, 1.54) is 12.1 Å². The Morgan fingerprint density at radius 3 is 2.64 bits per heavy atom. The summed E-state index contributed by atoms with van der Waals surface area (Å²) in [4.78, 5) is 21.7. The highest BCUT2D eigenvalue weighted by atomic mass is 35.5. The lowest BCUT2D eigenvalue weighted by Gasteiger charge is -2.09. The number of anilines is 1. The Balaban J connectivity index is 1.98. The Hall–Kier alpha value is -2.80. The van der Waals surface area contributed by atoms with Gasteiger partial charge < -0.3 is 15.7 Å². The number of rotatable bonds is 4. The van der Waals surface area contributed by atoms with E-state index >= 15 is 0 Å². The van der Waals surface area contributed by atoms with Crippen molar-refractivity contribution in [2.45, 2.75) is 6.54 Å². The summed E-state index contributed by atoms with van der Waals surface area (Å²) in [5.41, 5.74) is 0.550. The Labute approximate surface area is 130 Å². The third-order valence-electron chi connectivity index (χ3n) is 2.84. The number of phenols is 1. The minimum atomic E-state index is -0.638. The van der Waals surface area contributed by atoms with Crippen LogP contribution in [-0.2, 0) is 6.54 Å². The van der Waals surface area contributed by atoms with Gasteiger partial charge in [-0.1, -0.05) is 29.8 Å². The highest BCUT2D eigenvalue weighted by molar-refractivity contribution is 6.31. The monoisotopic (exact) mass is 321 g/mol. The van der Waals surface area contributed by atoms with Crippen molar-refractivity contribution in [2.24, 2.45) is 0 Å². The summed E-state index contributed by atoms with van der Waals surface area (Å²) in [6.07, 6.45) is 0. The second-order valence-electron chi connectivity index (χ2n) is 4.36. The molecular formula is C14H12ClN3O4. The number of nitro groups is 1. The van der Waals surface area contributed by atoms with Gasteiger partial charge in [0, 0.05) is 17.6 Å². The van der Waals surface area contributed by atoms with Gasteiger partial charge in [0.15, 0.2) is 0 Å². The van der Waals surface area contributed by atoms with Gasteiger partial charge in [0.05, 0.1) is 16.7 Å². The summed E-state index contributed by atoms with van der Waals surface area (Å²) in [6, 6.07) is 9.88. The van der Waals surface area contributed by atoms with Gasteiger partial charge in [-0.2, -0.15) is 0 Å². The molecule has 0 aliphatic carbocycles. The number of carbonyl (C=O) groups excluding carboxylic acids is 1. The van der Waals surface area contributed by atoms with E-state index in [0.717, 1.165) is 11.6 Å². The molecule has 0 atom stereocenters. The first-order valence-corrected chi connectivity index (χ1v) is 6.61. The zero-order chi connectivity index (χ0) is 16.1. The van der Waals surface area contributed by atoms with Crippen molar-refractivity contribution >= 4 is 29.0 Å². The number of aromatic hydroxyl groups is 1. The fourth-order valence-corrected chi connectivity index (χ4v) is 1.93. The zero-order valence-electron chi connectivity index (χ0n) is 11.2. The number of benzene rings is 2. The minimum Gasteiger partial charge on any atom is -0.506 e. The largest absolute Gasteiger partial charge is 0.506 e. The molecule has 0 spiro atoms. The van der Waals surface area contributed by atoms with Crippen LogP contribution < -0.4 is 10.6 Å². The number of nitrogens with one attached hydrogen (secondary N) is 2. The van der Waals surface area contributed by atoms with Gasteiger partial charge >= 0.3 is 6.03 Å². The third kappa shape index (κ3) is 3.86. The summed E-state index contributed by atoms with van der Waals surface area (Å²) < 4.78 is 0. The molecular weight excluding hydrogens is 310 g/mol. The Kier molecular flexibility index (Phi) is 4.80. The summed E-state index contributed by atoms with van der Waals surface area (Å²) in [6.45, 7) is 0.208. The molecule has 0 radical (unpaired) electrons. The van der Waals surface area contributed by atoms with Crippen molar-refractivity contribution < 1.29 is 14.8 Å². The average Bonchev–Trinajstić information content (AvgIpc) is 2.48. The van der Waals surface area contributed by atoms with Gasteiger partial charge in [0.2, 0.25) is 0 Å². The summed E-state index contributed by atoms with van der Waals surface area (Å²) in [7, 11) is 0. The molecule has 2 aromatic rings. The lowest BCUT2D eigenvalue weighted by Crippen LogP contribution is -2.28. The van der Waals surface area contributed by atoms with Gasteiger partial charge in [-0.05, 0) is 17.7 Å². The third-order valence-corrected chi connectivity index (χ3v) is 3.21. The van der Waals surface area contributed by atoms with Crippen LogP contribution in [0.5, 0.6) is 5.75 Å². The van der Waals surface area contributed by atoms with Gasteiger partial charge in [0.25, 0.3) is 5.69 Å². The molecule has 0 saturated carbocycles. The lowest BCUT2D eigenvalue weighted by molar-refractivity contribution is -0.384. The van der Waals surface area contributed by atoms with Crippen LogP contribution in [-0.4, -0.2) is 16.1 Å². The number of carbonyl (C=O) groups is 1. The average molecular weight is 322 g/mol. The van der Waals surface area contributed by atoms with E-state index in [4.69, 9.17) is 11.6 Å². The first-order chi connectivity index (χ1) is 10.5. The van der Waals surface area contributed by atoms with Gasteiger partial charge in [-0.25, -0.2) is 4.79 Å². The van der Waals surface area contributed by atoms with E-state index in [9.17, 15) is 20.0 Å². The number of hydrogen-bond donors (Lipinski definition) is 3. The van der Waals surface area contributed by atoms with E-state index in [1.807, 2.05) is 0 Å². The molecule has 0 heterocycles. The van der Waals surface area contributed by atoms with Gasteiger partial charge in [0.1, 0.15) is 5.75 Å². The normalized spacial score (nSPS) is 10.0. The topological polar surface area (TPSA) is 104 Å². The molecule has 0 saturated heterocycles. The van der Waals surface area contributed by atoms with E-state index in [0.29, 0.717) is 5.02 Å². The zero-order valence-corrected chi connectivity index (χ0v) is 12.0. The highest BCUT2D eigenvalue weighted by Crippen LogP contribution is 2.27. The second-order valence-corrected chi connectivity index (χ2v) is 4.76. The number of nitrogens with zero attached hydrogens (tertiary/aromatic N) is 1. The number of nitro benzene ring substituents is 1. The molecule has 2 aromatic carbocycles. The number of urea groups is 1. The molecule has 114 valence electrons. The van der Waals surface area contributed by atoms with E-state index < -0.39 is 11.0 Å². The van der Waals surface area contributed by atoms with Crippen molar-refractivity contribution in [3.63, 3.8) is 0 Å². The quantitative estimate of drug-likeness (QED) is 0.456. The van der Waals surface area contributed by atoms with Crippen LogP contribution in [0.15, 0.2) is 42.5 Å². The van der Waals surface area contributed by atoms with Crippen molar-refractivity contribution in [3.8, 4) is 5.75 Å². The van der Waals surface area contributed by atoms with Gasteiger partial charge in [-0.3, -0.25) is 10.1 Å². The SMILES string of the molecule is O=C(NCc1ccccc1Cl)Nc1ccc([N+](=O)[O-])cc1O. The molecule has 0 aromatic heterocycles. The maximum atomic E-state index is 11.8. The van der Waals surface area contributed by atoms with E-state index in [1.54, 1.807) is 24.3 Å². The molecule has 0 aliphatic heterocycles. The number of halogens is 1. The number of phenolic OH excluding ortho intramolecular Hbond substituents is 1. The Morgan fingerprint density at radius 1 is 1.27 bits per heavy atom. The predicted molar refractivity (Wildman–Crippen MR) is 82.1 cm³/mol. The van der Waals surface area contributed by atoms with Crippen LogP contribution in [0.4, 0.5) is 16.2 Å². The first kappa shape index (κ1) is 15.6. The number of hydrogen-bond acceptors (Lipinski definition) is 4. The second kappa shape index (κ2) is 6.77. The van der Waals surface area contributed by atoms with Crippen LogP contribution in [0, 0.1) is 10.1 Å². The molecule has 2 amide bonds. The smallest absolute Gasteiger partial charge is 0.319 e. The van der Waals surface area contributed by atoms with Crippen molar-refractivity contribution in [1.29, 1.82) is 0 Å². The maximum absolute atomic E-state index is 11.8. The molecule has 3 N–H and O–H groups in total. The van der Waals surface area contributed by atoms with Crippen LogP contribution in [0.1, 0.15) is 5.56 Å². The molecule has 8 heteroatoms. The molecule has 0 aliphatic rings. The summed E-state index contributed by atoms with van der Waals surface area (Å²) in [5, 5.41) is 25.7. The standard InChI is InChI=1S/C14H12ClN3O4/c15-11-4-2-1-3-9(11)8-16-14(20)17-12-6-5-10(18(21)22)7-13(12)19/h1-7,19H,8H2,(H2,16,17,20). The summed E-state index contributed by atoms with van der Waals surface area (Å²) >= 11 is 5.96. The molecule has 22 heavy (non-hydrogen) atoms. The minimum absolute atomic E-state index is 0.0715. The fourth-order valence-electron chi connectivity index (χ4n) is 1.72.